The van der Waals surface area contributed by atoms with Gasteiger partial charge in [-0.05, 0) is 50.6 Å². The Kier molecular flexibility index (Phi) is 3.68. The van der Waals surface area contributed by atoms with Crippen molar-refractivity contribution in [2.45, 2.75) is 33.0 Å². The van der Waals surface area contributed by atoms with Gasteiger partial charge in [0.15, 0.2) is 5.65 Å². The molecule has 1 saturated heterocycles. The number of nitrogens with one attached hydrogen (secondary N) is 1. The second-order valence-electron chi connectivity index (χ2n) is 7.50. The first-order valence-electron chi connectivity index (χ1n) is 9.42. The van der Waals surface area contributed by atoms with Crippen LogP contribution < -0.4 is 4.90 Å². The zero-order chi connectivity index (χ0) is 18.5. The monoisotopic (exact) mass is 361 g/mol. The third-order valence-electron chi connectivity index (χ3n) is 5.28. The third kappa shape index (κ3) is 2.77. The molecule has 27 heavy (non-hydrogen) atoms. The molecule has 0 saturated carbocycles. The molecule has 0 aliphatic carbocycles. The zero-order valence-corrected chi connectivity index (χ0v) is 15.8. The lowest BCUT2D eigenvalue weighted by molar-refractivity contribution is -0.00551. The van der Waals surface area contributed by atoms with Crippen LogP contribution in [0.4, 0.5) is 5.82 Å². The highest BCUT2D eigenvalue weighted by Crippen LogP contribution is 2.27. The van der Waals surface area contributed by atoms with Crippen molar-refractivity contribution in [2.75, 3.05) is 18.0 Å². The van der Waals surface area contributed by atoms with Gasteiger partial charge in [-0.25, -0.2) is 9.50 Å². The molecular formula is C21H23N5O. The lowest BCUT2D eigenvalue weighted by atomic mass is 10.1. The normalized spacial score (nSPS) is 20.6. The molecule has 1 aliphatic heterocycles. The summed E-state index contributed by atoms with van der Waals surface area (Å²) < 4.78 is 7.80. The van der Waals surface area contributed by atoms with Gasteiger partial charge in [0.05, 0.1) is 24.1 Å². The van der Waals surface area contributed by atoms with Crippen molar-refractivity contribution in [3.8, 4) is 11.3 Å². The van der Waals surface area contributed by atoms with Crippen molar-refractivity contribution in [1.82, 2.24) is 19.6 Å². The molecule has 4 heterocycles. The molecule has 6 heteroatoms. The summed E-state index contributed by atoms with van der Waals surface area (Å²) in [6.45, 7) is 8.04. The number of H-pyrrole nitrogens is 1. The zero-order valence-electron chi connectivity index (χ0n) is 15.8. The quantitative estimate of drug-likeness (QED) is 0.590. The fraction of sp³-hybridized carbons (Fsp3) is 0.333. The van der Waals surface area contributed by atoms with Gasteiger partial charge in [-0.1, -0.05) is 6.07 Å². The summed E-state index contributed by atoms with van der Waals surface area (Å²) >= 11 is 0. The first-order valence-corrected chi connectivity index (χ1v) is 9.42. The van der Waals surface area contributed by atoms with Crippen molar-refractivity contribution in [3.05, 3.63) is 48.3 Å². The molecule has 6 nitrogen and oxygen atoms in total. The summed E-state index contributed by atoms with van der Waals surface area (Å²) in [5.41, 5.74) is 5.37. The van der Waals surface area contributed by atoms with E-state index in [9.17, 15) is 0 Å². The summed E-state index contributed by atoms with van der Waals surface area (Å²) in [5.74, 6) is 0.961. The van der Waals surface area contributed by atoms with Crippen LogP contribution in [0.3, 0.4) is 0 Å². The van der Waals surface area contributed by atoms with E-state index in [-0.39, 0.29) is 12.2 Å². The molecule has 4 aromatic rings. The molecule has 0 unspecified atom stereocenters. The number of rotatable bonds is 2. The highest BCUT2D eigenvalue weighted by molar-refractivity contribution is 5.87. The second kappa shape index (κ2) is 6.09. The predicted octanol–water partition coefficient (Wildman–Crippen LogP) is 3.80. The van der Waals surface area contributed by atoms with Crippen LogP contribution in [0.25, 0.3) is 27.8 Å². The van der Waals surface area contributed by atoms with Gasteiger partial charge in [0, 0.05) is 35.8 Å². The highest BCUT2D eigenvalue weighted by Gasteiger charge is 2.23. The van der Waals surface area contributed by atoms with E-state index in [0.717, 1.165) is 41.3 Å². The van der Waals surface area contributed by atoms with E-state index in [0.29, 0.717) is 0 Å². The minimum absolute atomic E-state index is 0.201. The number of imidazole rings is 1. The molecule has 1 N–H and O–H groups in total. The van der Waals surface area contributed by atoms with Gasteiger partial charge in [0.25, 0.3) is 0 Å². The Labute approximate surface area is 157 Å². The van der Waals surface area contributed by atoms with Crippen molar-refractivity contribution in [1.29, 1.82) is 0 Å². The molecular weight excluding hydrogens is 338 g/mol. The smallest absolute Gasteiger partial charge is 0.154 e. The predicted molar refractivity (Wildman–Crippen MR) is 107 cm³/mol. The molecule has 0 bridgehead atoms. The first-order chi connectivity index (χ1) is 13.1. The Hall–Kier alpha value is -2.86. The van der Waals surface area contributed by atoms with Gasteiger partial charge < -0.3 is 14.6 Å². The third-order valence-corrected chi connectivity index (χ3v) is 5.28. The van der Waals surface area contributed by atoms with E-state index >= 15 is 0 Å². The van der Waals surface area contributed by atoms with Crippen LogP contribution in [-0.2, 0) is 4.74 Å². The maximum Gasteiger partial charge on any atom is 0.154 e. The van der Waals surface area contributed by atoms with Crippen molar-refractivity contribution >= 4 is 22.4 Å². The molecule has 2 atom stereocenters. The van der Waals surface area contributed by atoms with Gasteiger partial charge >= 0.3 is 0 Å². The summed E-state index contributed by atoms with van der Waals surface area (Å²) in [5, 5.41) is 6.14. The topological polar surface area (TPSA) is 58.5 Å². The summed E-state index contributed by atoms with van der Waals surface area (Å²) in [6, 6.07) is 10.5. The molecule has 1 fully saturated rings. The molecule has 0 radical (unpaired) electrons. The highest BCUT2D eigenvalue weighted by atomic mass is 16.5. The van der Waals surface area contributed by atoms with E-state index in [1.54, 1.807) is 0 Å². The average molecular weight is 361 g/mol. The van der Waals surface area contributed by atoms with Crippen LogP contribution in [0.2, 0.25) is 0 Å². The van der Waals surface area contributed by atoms with Crippen LogP contribution in [-0.4, -0.2) is 44.9 Å². The molecule has 3 aromatic heterocycles. The lowest BCUT2D eigenvalue weighted by Crippen LogP contribution is -2.46. The van der Waals surface area contributed by atoms with E-state index in [2.05, 4.69) is 59.9 Å². The van der Waals surface area contributed by atoms with Gasteiger partial charge in [0.2, 0.25) is 0 Å². The Balaban J connectivity index is 1.59. The number of nitrogens with zero attached hydrogens (tertiary/aromatic N) is 4. The number of morpholine rings is 1. The number of hydrogen-bond acceptors (Lipinski definition) is 4. The number of benzene rings is 1. The maximum absolute atomic E-state index is 5.86. The second-order valence-corrected chi connectivity index (χ2v) is 7.50. The minimum atomic E-state index is 0.201. The van der Waals surface area contributed by atoms with E-state index < -0.39 is 0 Å². The van der Waals surface area contributed by atoms with Crippen molar-refractivity contribution < 1.29 is 4.74 Å². The summed E-state index contributed by atoms with van der Waals surface area (Å²) in [7, 11) is 0. The number of aromatic amines is 1. The molecule has 1 aromatic carbocycles. The van der Waals surface area contributed by atoms with Gasteiger partial charge in [-0.3, -0.25) is 0 Å². The Bertz CT molecular complexity index is 1120. The average Bonchev–Trinajstić information content (AvgIpc) is 3.24. The van der Waals surface area contributed by atoms with E-state index in [4.69, 9.17) is 9.84 Å². The fourth-order valence-electron chi connectivity index (χ4n) is 4.01. The Morgan fingerprint density at radius 2 is 1.93 bits per heavy atom. The summed E-state index contributed by atoms with van der Waals surface area (Å²) in [6.07, 6.45) is 4.35. The van der Waals surface area contributed by atoms with Gasteiger partial charge in [0.1, 0.15) is 5.82 Å². The number of fused-ring (bicyclic) bond motifs is 2. The molecule has 0 spiro atoms. The van der Waals surface area contributed by atoms with Gasteiger partial charge in [-0.15, -0.1) is 5.10 Å². The lowest BCUT2D eigenvalue weighted by Gasteiger charge is -2.35. The summed E-state index contributed by atoms with van der Waals surface area (Å²) in [4.78, 5) is 10.1. The van der Waals surface area contributed by atoms with Crippen LogP contribution >= 0.6 is 0 Å². The molecule has 138 valence electrons. The maximum atomic E-state index is 5.86. The van der Waals surface area contributed by atoms with Crippen LogP contribution in [0, 0.1) is 6.92 Å². The Morgan fingerprint density at radius 3 is 2.74 bits per heavy atom. The minimum Gasteiger partial charge on any atom is -0.372 e. The largest absolute Gasteiger partial charge is 0.372 e. The number of anilines is 1. The standard InChI is InChI=1S/C21H23N5O/c1-13-9-22-18-5-4-16(8-17(13)18)19-10-23-20-6-7-21(24-26(19)20)25-11-14(2)27-15(3)12-25/h4-10,14-15,22H,11-12H2,1-3H3/t14-,15+. The number of aryl methyl sites for hydroxylation is 1. The molecule has 1 aliphatic rings. The van der Waals surface area contributed by atoms with Gasteiger partial charge in [-0.2, -0.15) is 0 Å². The molecule has 5 rings (SSSR count). The fourth-order valence-corrected chi connectivity index (χ4v) is 4.01. The number of hydrogen-bond donors (Lipinski definition) is 1. The SMILES string of the molecule is Cc1c[nH]c2ccc(-c3cnc4ccc(N5C[C@@H](C)O[C@@H](C)C5)nn34)cc12. The van der Waals surface area contributed by atoms with Crippen molar-refractivity contribution in [3.63, 3.8) is 0 Å². The first kappa shape index (κ1) is 16.3. The number of ether oxygens (including phenoxy) is 1. The Morgan fingerprint density at radius 1 is 1.11 bits per heavy atom. The van der Waals surface area contributed by atoms with Crippen LogP contribution in [0.5, 0.6) is 0 Å². The van der Waals surface area contributed by atoms with E-state index in [1.165, 1.54) is 10.9 Å². The number of aromatic nitrogens is 4. The van der Waals surface area contributed by atoms with Crippen molar-refractivity contribution in [2.24, 2.45) is 0 Å². The van der Waals surface area contributed by atoms with Crippen LogP contribution in [0.1, 0.15) is 19.4 Å². The van der Waals surface area contributed by atoms with Crippen LogP contribution in [0.15, 0.2) is 42.7 Å². The molecule has 0 amide bonds. The van der Waals surface area contributed by atoms with E-state index in [1.807, 2.05) is 23.0 Å².